The maximum atomic E-state index is 13.3. The molecule has 0 radical (unpaired) electrons. The number of fused-ring (bicyclic) bond motifs is 3. The van der Waals surface area contributed by atoms with Crippen LogP contribution in [0.15, 0.2) is 35.4 Å². The third-order valence-electron chi connectivity index (χ3n) is 6.48. The predicted octanol–water partition coefficient (Wildman–Crippen LogP) is 2.33. The van der Waals surface area contributed by atoms with Crippen molar-refractivity contribution in [1.82, 2.24) is 19.9 Å². The van der Waals surface area contributed by atoms with Crippen LogP contribution in [0.25, 0.3) is 10.9 Å². The lowest BCUT2D eigenvalue weighted by molar-refractivity contribution is 0.0632. The van der Waals surface area contributed by atoms with Crippen LogP contribution in [0.3, 0.4) is 0 Å². The van der Waals surface area contributed by atoms with E-state index in [-0.39, 0.29) is 28.3 Å². The number of nitrogens with two attached hydrogens (primary N) is 1. The van der Waals surface area contributed by atoms with E-state index < -0.39 is 0 Å². The molecule has 148 valence electrons. The number of piperidine rings is 1. The summed E-state index contributed by atoms with van der Waals surface area (Å²) in [5.41, 5.74) is 9.48. The normalized spacial score (nSPS) is 20.9. The van der Waals surface area contributed by atoms with E-state index in [2.05, 4.69) is 15.0 Å². The van der Waals surface area contributed by atoms with Gasteiger partial charge in [0.15, 0.2) is 0 Å². The third-order valence-corrected chi connectivity index (χ3v) is 6.48. The van der Waals surface area contributed by atoms with Crippen molar-refractivity contribution in [3.63, 3.8) is 0 Å². The maximum Gasteiger partial charge on any atom is 0.259 e. The summed E-state index contributed by atoms with van der Waals surface area (Å²) in [5, 5.41) is 0.550. The highest BCUT2D eigenvalue weighted by Gasteiger charge is 2.45. The number of anilines is 1. The molecule has 5 rings (SSSR count). The van der Waals surface area contributed by atoms with Crippen molar-refractivity contribution in [1.29, 1.82) is 0 Å². The smallest absolute Gasteiger partial charge is 0.259 e. The van der Waals surface area contributed by atoms with Gasteiger partial charge in [-0.2, -0.15) is 0 Å². The summed E-state index contributed by atoms with van der Waals surface area (Å²) in [6.07, 6.45) is 7.03. The van der Waals surface area contributed by atoms with Crippen molar-refractivity contribution in [2.24, 2.45) is 0 Å². The van der Waals surface area contributed by atoms with E-state index in [9.17, 15) is 9.59 Å². The average molecular weight is 389 g/mol. The van der Waals surface area contributed by atoms with Crippen LogP contribution in [0.5, 0.6) is 0 Å². The highest BCUT2D eigenvalue weighted by Crippen LogP contribution is 2.44. The minimum Gasteiger partial charge on any atom is -0.368 e. The van der Waals surface area contributed by atoms with Crippen LogP contribution in [0.4, 0.5) is 5.95 Å². The lowest BCUT2D eigenvalue weighted by atomic mass is 9.77. The number of likely N-dealkylation sites (tertiary alicyclic amines) is 1. The van der Waals surface area contributed by atoms with Gasteiger partial charge in [0, 0.05) is 36.3 Å². The quantitative estimate of drug-likeness (QED) is 0.665. The molecule has 1 fully saturated rings. The van der Waals surface area contributed by atoms with Gasteiger partial charge in [-0.1, -0.05) is 12.1 Å². The van der Waals surface area contributed by atoms with Gasteiger partial charge in [-0.25, -0.2) is 9.97 Å². The van der Waals surface area contributed by atoms with Crippen molar-refractivity contribution in [2.45, 2.75) is 38.0 Å². The molecule has 1 aliphatic heterocycles. The Bertz CT molecular complexity index is 1200. The Morgan fingerprint density at radius 2 is 2.17 bits per heavy atom. The molecule has 1 atom stereocenters. The topological polar surface area (TPSA) is 105 Å². The number of benzene rings is 1. The zero-order valence-corrected chi connectivity index (χ0v) is 16.4. The molecular weight excluding hydrogens is 366 g/mol. The van der Waals surface area contributed by atoms with Crippen molar-refractivity contribution in [3.8, 4) is 0 Å². The fourth-order valence-corrected chi connectivity index (χ4v) is 4.99. The van der Waals surface area contributed by atoms with Gasteiger partial charge >= 0.3 is 0 Å². The molecule has 1 aliphatic carbocycles. The van der Waals surface area contributed by atoms with Gasteiger partial charge in [0.1, 0.15) is 5.56 Å². The van der Waals surface area contributed by atoms with Crippen LogP contribution in [-0.4, -0.2) is 38.8 Å². The first-order valence-electron chi connectivity index (χ1n) is 10.0. The monoisotopic (exact) mass is 389 g/mol. The first-order valence-corrected chi connectivity index (χ1v) is 10.0. The van der Waals surface area contributed by atoms with Gasteiger partial charge in [-0.05, 0) is 49.8 Å². The van der Waals surface area contributed by atoms with Crippen LogP contribution in [0.2, 0.25) is 0 Å². The predicted molar refractivity (Wildman–Crippen MR) is 111 cm³/mol. The molecule has 1 aromatic carbocycles. The molecule has 1 amide bonds. The first kappa shape index (κ1) is 17.8. The molecule has 29 heavy (non-hydrogen) atoms. The van der Waals surface area contributed by atoms with E-state index in [4.69, 9.17) is 5.73 Å². The van der Waals surface area contributed by atoms with Crippen LogP contribution < -0.4 is 11.2 Å². The Balaban J connectivity index is 1.51. The standard InChI is InChI=1S/C22H23N5O2/c1-13-4-2-5-15-17(13)24-11-16(18(15)28)20(29)27-9-3-7-22(12-27)8-6-14-10-25-21(23)26-19(14)22/h2,4-5,10-11H,3,6-9,12H2,1H3,(H,24,28)(H2,23,25,26). The second-order valence-corrected chi connectivity index (χ2v) is 8.24. The number of carbonyl (C=O) groups excluding carboxylic acids is 1. The number of hydrogen-bond acceptors (Lipinski definition) is 5. The summed E-state index contributed by atoms with van der Waals surface area (Å²) in [4.78, 5) is 39.9. The SMILES string of the molecule is Cc1cccc2c(=O)c(C(=O)N3CCCC4(CCc5cnc(N)nc54)C3)c[nH]c12. The van der Waals surface area contributed by atoms with Crippen molar-refractivity contribution in [3.05, 3.63) is 63.2 Å². The Labute approximate surface area is 168 Å². The number of hydrogen-bond donors (Lipinski definition) is 2. The lowest BCUT2D eigenvalue weighted by Crippen LogP contribution is -2.48. The van der Waals surface area contributed by atoms with Crippen molar-refractivity contribution in [2.75, 3.05) is 18.8 Å². The molecule has 3 heterocycles. The number of amides is 1. The van der Waals surface area contributed by atoms with Crippen LogP contribution in [0, 0.1) is 6.92 Å². The molecule has 0 bridgehead atoms. The number of rotatable bonds is 1. The zero-order chi connectivity index (χ0) is 20.2. The van der Waals surface area contributed by atoms with E-state index in [1.807, 2.05) is 30.2 Å². The van der Waals surface area contributed by atoms with Crippen LogP contribution in [-0.2, 0) is 11.8 Å². The minimum atomic E-state index is -0.218. The molecule has 1 spiro atoms. The molecular formula is C22H23N5O2. The number of carbonyl (C=O) groups is 1. The fourth-order valence-electron chi connectivity index (χ4n) is 4.99. The molecule has 7 nitrogen and oxygen atoms in total. The van der Waals surface area contributed by atoms with E-state index in [0.29, 0.717) is 18.5 Å². The number of H-pyrrole nitrogens is 1. The van der Waals surface area contributed by atoms with Gasteiger partial charge in [0.05, 0.1) is 11.2 Å². The van der Waals surface area contributed by atoms with E-state index >= 15 is 0 Å². The number of pyridine rings is 1. The number of nitrogen functional groups attached to an aromatic ring is 1. The molecule has 3 N–H and O–H groups in total. The number of nitrogens with zero attached hydrogens (tertiary/aromatic N) is 3. The Hall–Kier alpha value is -3.22. The number of aryl methyl sites for hydroxylation is 2. The van der Waals surface area contributed by atoms with Gasteiger partial charge in [-0.3, -0.25) is 9.59 Å². The summed E-state index contributed by atoms with van der Waals surface area (Å²) in [5.74, 6) is 0.0547. The van der Waals surface area contributed by atoms with E-state index in [1.54, 1.807) is 12.3 Å². The lowest BCUT2D eigenvalue weighted by Gasteiger charge is -2.40. The number of nitrogens with one attached hydrogen (secondary N) is 1. The van der Waals surface area contributed by atoms with Crippen molar-refractivity contribution >= 4 is 22.8 Å². The first-order chi connectivity index (χ1) is 14.0. The molecule has 0 saturated carbocycles. The third kappa shape index (κ3) is 2.72. The molecule has 2 aromatic heterocycles. The Morgan fingerprint density at radius 3 is 3.03 bits per heavy atom. The molecule has 3 aromatic rings. The van der Waals surface area contributed by atoms with Gasteiger partial charge in [-0.15, -0.1) is 0 Å². The fraction of sp³-hybridized carbons (Fsp3) is 0.364. The molecule has 7 heteroatoms. The van der Waals surface area contributed by atoms with E-state index in [1.165, 1.54) is 0 Å². The highest BCUT2D eigenvalue weighted by atomic mass is 16.2. The largest absolute Gasteiger partial charge is 0.368 e. The van der Waals surface area contributed by atoms with Gasteiger partial charge in [0.2, 0.25) is 11.4 Å². The van der Waals surface area contributed by atoms with E-state index in [0.717, 1.165) is 48.0 Å². The highest BCUT2D eigenvalue weighted by molar-refractivity contribution is 5.97. The van der Waals surface area contributed by atoms with Crippen LogP contribution >= 0.6 is 0 Å². The number of aromatic amines is 1. The molecule has 2 aliphatic rings. The second kappa shape index (κ2) is 6.40. The summed E-state index contributed by atoms with van der Waals surface area (Å²) in [6, 6.07) is 5.55. The second-order valence-electron chi connectivity index (χ2n) is 8.24. The number of aromatic nitrogens is 3. The minimum absolute atomic E-state index is 0.194. The van der Waals surface area contributed by atoms with Gasteiger partial charge < -0.3 is 15.6 Å². The Morgan fingerprint density at radius 1 is 1.31 bits per heavy atom. The summed E-state index contributed by atoms with van der Waals surface area (Å²) in [6.45, 7) is 3.14. The van der Waals surface area contributed by atoms with Crippen LogP contribution in [0.1, 0.15) is 46.4 Å². The number of para-hydroxylation sites is 1. The van der Waals surface area contributed by atoms with Gasteiger partial charge in [0.25, 0.3) is 5.91 Å². The Kier molecular flexibility index (Phi) is 3.94. The molecule has 1 saturated heterocycles. The summed E-state index contributed by atoms with van der Waals surface area (Å²) < 4.78 is 0. The summed E-state index contributed by atoms with van der Waals surface area (Å²) >= 11 is 0. The maximum absolute atomic E-state index is 13.3. The average Bonchev–Trinajstić information content (AvgIpc) is 3.05. The van der Waals surface area contributed by atoms with Crippen molar-refractivity contribution < 1.29 is 4.79 Å². The zero-order valence-electron chi connectivity index (χ0n) is 16.4. The summed E-state index contributed by atoms with van der Waals surface area (Å²) in [7, 11) is 0. The molecule has 1 unspecified atom stereocenters.